The first kappa shape index (κ1) is 14.1. The van der Waals surface area contributed by atoms with Crippen LogP contribution in [-0.2, 0) is 6.54 Å². The van der Waals surface area contributed by atoms with Gasteiger partial charge < -0.3 is 10.5 Å². The van der Waals surface area contributed by atoms with Crippen molar-refractivity contribution in [3.05, 3.63) is 63.2 Å². The van der Waals surface area contributed by atoms with Crippen molar-refractivity contribution >= 4 is 23.0 Å². The highest BCUT2D eigenvalue weighted by Crippen LogP contribution is 2.34. The first-order valence-corrected chi connectivity index (χ1v) is 6.16. The summed E-state index contributed by atoms with van der Waals surface area (Å²) in [4.78, 5) is 10.4. The molecule has 6 nitrogen and oxygen atoms in total. The Morgan fingerprint density at radius 3 is 2.55 bits per heavy atom. The molecule has 0 aliphatic carbocycles. The Labute approximate surface area is 120 Å². The number of nitrogens with one attached hydrogen (secondary N) is 2. The van der Waals surface area contributed by atoms with E-state index in [2.05, 4.69) is 10.9 Å². The molecule has 0 unspecified atom stereocenters. The van der Waals surface area contributed by atoms with Crippen LogP contribution in [0, 0.1) is 10.1 Å². The van der Waals surface area contributed by atoms with E-state index in [-0.39, 0.29) is 28.6 Å². The highest BCUT2D eigenvalue weighted by atomic mass is 35.5. The summed E-state index contributed by atoms with van der Waals surface area (Å²) in [6.45, 7) is 0.0532. The van der Waals surface area contributed by atoms with Gasteiger partial charge in [-0.15, -0.1) is 0 Å². The maximum Gasteiger partial charge on any atom is 0.296 e. The Morgan fingerprint density at radius 1 is 1.20 bits per heavy atom. The number of phenols is 1. The summed E-state index contributed by atoms with van der Waals surface area (Å²) in [5.74, 6) is -0.177. The molecular formula is C13H12ClN3O3. The van der Waals surface area contributed by atoms with E-state index < -0.39 is 4.92 Å². The van der Waals surface area contributed by atoms with Crippen LogP contribution in [0.25, 0.3) is 0 Å². The molecule has 3 N–H and O–H groups in total. The summed E-state index contributed by atoms with van der Waals surface area (Å²) < 4.78 is 0. The van der Waals surface area contributed by atoms with Crippen molar-refractivity contribution in [2.75, 3.05) is 5.43 Å². The maximum absolute atomic E-state index is 11.0. The first-order valence-electron chi connectivity index (χ1n) is 5.78. The second-order valence-electron chi connectivity index (χ2n) is 4.00. The number of nitrogens with zero attached hydrogens (tertiary/aromatic N) is 1. The predicted molar refractivity (Wildman–Crippen MR) is 76.7 cm³/mol. The van der Waals surface area contributed by atoms with E-state index in [1.165, 1.54) is 12.1 Å². The number of benzene rings is 2. The van der Waals surface area contributed by atoms with Crippen LogP contribution in [0.1, 0.15) is 5.56 Å². The molecule has 0 fully saturated rings. The van der Waals surface area contributed by atoms with E-state index in [0.717, 1.165) is 5.69 Å². The Hall–Kier alpha value is -2.31. The van der Waals surface area contributed by atoms with E-state index >= 15 is 0 Å². The summed E-state index contributed by atoms with van der Waals surface area (Å²) >= 11 is 5.79. The maximum atomic E-state index is 11.0. The lowest BCUT2D eigenvalue weighted by atomic mass is 10.1. The minimum Gasteiger partial charge on any atom is -0.507 e. The molecule has 20 heavy (non-hydrogen) atoms. The third-order valence-electron chi connectivity index (χ3n) is 2.66. The van der Waals surface area contributed by atoms with E-state index in [1.54, 1.807) is 0 Å². The minimum absolute atomic E-state index is 0.00990. The van der Waals surface area contributed by atoms with Crippen LogP contribution in [-0.4, -0.2) is 10.0 Å². The number of nitro benzene ring substituents is 1. The first-order chi connectivity index (χ1) is 9.59. The molecular weight excluding hydrogens is 282 g/mol. The molecule has 2 aromatic carbocycles. The molecule has 7 heteroatoms. The molecule has 0 aromatic heterocycles. The molecule has 0 saturated carbocycles. The van der Waals surface area contributed by atoms with Gasteiger partial charge in [0.2, 0.25) is 0 Å². The number of para-hydroxylation sites is 1. The number of hydrogen-bond donors (Lipinski definition) is 3. The molecule has 104 valence electrons. The van der Waals surface area contributed by atoms with Gasteiger partial charge in [-0.3, -0.25) is 10.1 Å². The minimum atomic E-state index is -0.610. The molecule has 0 aliphatic rings. The molecule has 2 rings (SSSR count). The fourth-order valence-electron chi connectivity index (χ4n) is 1.72. The number of hydrogen-bond acceptors (Lipinski definition) is 5. The van der Waals surface area contributed by atoms with Gasteiger partial charge in [-0.25, -0.2) is 5.43 Å². The smallest absolute Gasteiger partial charge is 0.296 e. The summed E-state index contributed by atoms with van der Waals surface area (Å²) in [7, 11) is 0. The number of hydrazine groups is 1. The fourth-order valence-corrected chi connectivity index (χ4v) is 1.97. The van der Waals surface area contributed by atoms with Crippen LogP contribution in [0.15, 0.2) is 42.5 Å². The van der Waals surface area contributed by atoms with E-state index in [0.29, 0.717) is 0 Å². The van der Waals surface area contributed by atoms with Gasteiger partial charge in [0.15, 0.2) is 0 Å². The number of nitro groups is 1. The summed E-state index contributed by atoms with van der Waals surface area (Å²) in [5.41, 5.74) is 6.32. The van der Waals surface area contributed by atoms with Crippen molar-refractivity contribution in [1.82, 2.24) is 5.43 Å². The lowest BCUT2D eigenvalue weighted by Gasteiger charge is -2.10. The van der Waals surface area contributed by atoms with Crippen molar-refractivity contribution in [2.45, 2.75) is 6.54 Å². The molecule has 0 spiro atoms. The van der Waals surface area contributed by atoms with Gasteiger partial charge >= 0.3 is 0 Å². The van der Waals surface area contributed by atoms with Gasteiger partial charge in [0, 0.05) is 5.69 Å². The normalized spacial score (nSPS) is 10.2. The number of aromatic hydroxyl groups is 1. The zero-order valence-electron chi connectivity index (χ0n) is 10.3. The van der Waals surface area contributed by atoms with Gasteiger partial charge in [-0.2, -0.15) is 0 Å². The molecule has 0 aliphatic heterocycles. The van der Waals surface area contributed by atoms with E-state index in [9.17, 15) is 15.2 Å². The Morgan fingerprint density at radius 2 is 1.90 bits per heavy atom. The molecule has 2 aromatic rings. The lowest BCUT2D eigenvalue weighted by molar-refractivity contribution is -0.385. The van der Waals surface area contributed by atoms with Crippen molar-refractivity contribution in [1.29, 1.82) is 0 Å². The van der Waals surface area contributed by atoms with E-state index in [4.69, 9.17) is 11.6 Å². The Bertz CT molecular complexity index is 620. The van der Waals surface area contributed by atoms with Crippen molar-refractivity contribution in [2.24, 2.45) is 0 Å². The molecule has 0 bridgehead atoms. The van der Waals surface area contributed by atoms with Gasteiger partial charge in [-0.1, -0.05) is 29.8 Å². The highest BCUT2D eigenvalue weighted by molar-refractivity contribution is 6.32. The number of phenolic OH excluding ortho intramolecular Hbond substituents is 1. The van der Waals surface area contributed by atoms with Gasteiger partial charge in [0.25, 0.3) is 5.69 Å². The number of anilines is 1. The van der Waals surface area contributed by atoms with Crippen molar-refractivity contribution in [3.63, 3.8) is 0 Å². The van der Waals surface area contributed by atoms with Crippen molar-refractivity contribution < 1.29 is 10.0 Å². The Balaban J connectivity index is 2.13. The Kier molecular flexibility index (Phi) is 4.39. The number of rotatable bonds is 5. The summed E-state index contributed by atoms with van der Waals surface area (Å²) in [5, 5.41) is 20.7. The van der Waals surface area contributed by atoms with Crippen LogP contribution < -0.4 is 10.9 Å². The van der Waals surface area contributed by atoms with Crippen molar-refractivity contribution in [3.8, 4) is 5.75 Å². The summed E-state index contributed by atoms with van der Waals surface area (Å²) in [6, 6.07) is 11.9. The zero-order valence-corrected chi connectivity index (χ0v) is 11.1. The van der Waals surface area contributed by atoms with Gasteiger partial charge in [-0.05, 0) is 24.3 Å². The SMILES string of the molecule is O=[N+]([O-])c1c(Cl)ccc(O)c1CNNc1ccccc1. The third-order valence-corrected chi connectivity index (χ3v) is 2.97. The molecule has 0 heterocycles. The monoisotopic (exact) mass is 293 g/mol. The molecule has 0 amide bonds. The highest BCUT2D eigenvalue weighted by Gasteiger charge is 2.21. The standard InChI is InChI=1S/C13H12ClN3O3/c14-11-6-7-12(18)10(13(11)17(19)20)8-15-16-9-4-2-1-3-5-9/h1-7,15-16,18H,8H2. The second-order valence-corrected chi connectivity index (χ2v) is 4.40. The second kappa shape index (κ2) is 6.23. The average molecular weight is 294 g/mol. The molecule has 0 atom stereocenters. The quantitative estimate of drug-likeness (QED) is 0.582. The van der Waals surface area contributed by atoms with Crippen LogP contribution in [0.2, 0.25) is 5.02 Å². The topological polar surface area (TPSA) is 87.4 Å². The largest absolute Gasteiger partial charge is 0.507 e. The zero-order chi connectivity index (χ0) is 14.5. The molecule has 0 saturated heterocycles. The van der Waals surface area contributed by atoms with Crippen LogP contribution >= 0.6 is 11.6 Å². The van der Waals surface area contributed by atoms with Crippen LogP contribution in [0.3, 0.4) is 0 Å². The van der Waals surface area contributed by atoms with Gasteiger partial charge in [0.05, 0.1) is 17.0 Å². The molecule has 0 radical (unpaired) electrons. The van der Waals surface area contributed by atoms with Gasteiger partial charge in [0.1, 0.15) is 10.8 Å². The van der Waals surface area contributed by atoms with Crippen LogP contribution in [0.4, 0.5) is 11.4 Å². The average Bonchev–Trinajstić information content (AvgIpc) is 2.43. The third kappa shape index (κ3) is 3.17. The van der Waals surface area contributed by atoms with E-state index in [1.807, 2.05) is 30.3 Å². The summed E-state index contributed by atoms with van der Waals surface area (Å²) in [6.07, 6.45) is 0. The number of halogens is 1. The lowest BCUT2D eigenvalue weighted by Crippen LogP contribution is -2.21. The predicted octanol–water partition coefficient (Wildman–Crippen LogP) is 3.07. The fraction of sp³-hybridized carbons (Fsp3) is 0.0769. The van der Waals surface area contributed by atoms with Crippen LogP contribution in [0.5, 0.6) is 5.75 Å².